The summed E-state index contributed by atoms with van der Waals surface area (Å²) in [6, 6.07) is 28.4. The summed E-state index contributed by atoms with van der Waals surface area (Å²) in [5, 5.41) is 2.15. The number of benzene rings is 3. The van der Waals surface area contributed by atoms with Gasteiger partial charge in [0.05, 0.1) is 18.3 Å². The highest BCUT2D eigenvalue weighted by atomic mass is 16.5. The van der Waals surface area contributed by atoms with E-state index in [2.05, 4.69) is 41.0 Å². The normalized spacial score (nSPS) is 11.1. The molecule has 0 saturated carbocycles. The highest BCUT2D eigenvalue weighted by Gasteiger charge is 2.18. The minimum absolute atomic E-state index is 0.427. The van der Waals surface area contributed by atoms with Crippen molar-refractivity contribution < 1.29 is 9.53 Å². The van der Waals surface area contributed by atoms with E-state index in [9.17, 15) is 4.79 Å². The van der Waals surface area contributed by atoms with Crippen molar-refractivity contribution in [3.8, 4) is 17.0 Å². The molecule has 30 heavy (non-hydrogen) atoms. The lowest BCUT2D eigenvalue weighted by Crippen LogP contribution is -2.02. The molecule has 2 heterocycles. The molecule has 2 aromatic heterocycles. The van der Waals surface area contributed by atoms with Crippen molar-refractivity contribution in [1.29, 1.82) is 0 Å². The average molecular weight is 392 g/mol. The number of ether oxygens (including phenoxy) is 1. The molecule has 0 aliphatic rings. The van der Waals surface area contributed by atoms with Crippen LogP contribution in [-0.4, -0.2) is 22.9 Å². The van der Waals surface area contributed by atoms with Crippen molar-refractivity contribution in [1.82, 2.24) is 9.55 Å². The molecule has 0 radical (unpaired) electrons. The fourth-order valence-corrected chi connectivity index (χ4v) is 4.03. The average Bonchev–Trinajstić information content (AvgIpc) is 3.13. The molecule has 0 bridgehead atoms. The summed E-state index contributed by atoms with van der Waals surface area (Å²) < 4.78 is 7.60. The topological polar surface area (TPSA) is 44.1 Å². The largest absolute Gasteiger partial charge is 0.497 e. The number of hydrogen-bond donors (Lipinski definition) is 0. The first-order valence-electron chi connectivity index (χ1n) is 9.84. The SMILES string of the molecule is COc1ccc(-c2nc(C=O)cc3c4ccccc4n(Cc4ccccc4)c23)cc1. The minimum atomic E-state index is 0.427. The first-order valence-corrected chi connectivity index (χ1v) is 9.84. The number of aldehydes is 1. The van der Waals surface area contributed by atoms with Gasteiger partial charge < -0.3 is 9.30 Å². The maximum atomic E-state index is 11.7. The molecule has 0 N–H and O–H groups in total. The Morgan fingerprint density at radius 3 is 2.37 bits per heavy atom. The van der Waals surface area contributed by atoms with E-state index >= 15 is 0 Å². The third-order valence-electron chi connectivity index (χ3n) is 5.44. The van der Waals surface area contributed by atoms with Gasteiger partial charge >= 0.3 is 0 Å². The number of aromatic nitrogens is 2. The third kappa shape index (κ3) is 3.03. The van der Waals surface area contributed by atoms with E-state index in [4.69, 9.17) is 9.72 Å². The summed E-state index contributed by atoms with van der Waals surface area (Å²) >= 11 is 0. The van der Waals surface area contributed by atoms with Crippen molar-refractivity contribution in [2.45, 2.75) is 6.54 Å². The maximum absolute atomic E-state index is 11.7. The van der Waals surface area contributed by atoms with Crippen LogP contribution in [0.15, 0.2) is 84.9 Å². The molecular weight excluding hydrogens is 372 g/mol. The summed E-state index contributed by atoms with van der Waals surface area (Å²) in [6.07, 6.45) is 0.815. The molecule has 3 aromatic carbocycles. The van der Waals surface area contributed by atoms with Crippen LogP contribution in [0.5, 0.6) is 5.75 Å². The standard InChI is InChI=1S/C26H20N2O2/c1-30-21-13-11-19(12-14-21)25-26-23(15-20(17-29)27-25)22-9-5-6-10-24(22)28(26)16-18-7-3-2-4-8-18/h2-15,17H,16H2,1H3. The Hall–Kier alpha value is -3.92. The number of hydrogen-bond acceptors (Lipinski definition) is 3. The molecule has 5 rings (SSSR count). The third-order valence-corrected chi connectivity index (χ3v) is 5.44. The van der Waals surface area contributed by atoms with Crippen molar-refractivity contribution >= 4 is 28.1 Å². The van der Waals surface area contributed by atoms with E-state index in [0.717, 1.165) is 51.6 Å². The molecule has 146 valence electrons. The van der Waals surface area contributed by atoms with Gasteiger partial charge in [-0.15, -0.1) is 0 Å². The Bertz CT molecular complexity index is 1350. The quantitative estimate of drug-likeness (QED) is 0.359. The van der Waals surface area contributed by atoms with Gasteiger partial charge in [0.25, 0.3) is 0 Å². The monoisotopic (exact) mass is 392 g/mol. The number of para-hydroxylation sites is 1. The molecule has 0 atom stereocenters. The van der Waals surface area contributed by atoms with Gasteiger partial charge in [-0.25, -0.2) is 4.98 Å². The number of rotatable bonds is 5. The molecule has 0 spiro atoms. The van der Waals surface area contributed by atoms with Crippen LogP contribution >= 0.6 is 0 Å². The van der Waals surface area contributed by atoms with Gasteiger partial charge in [-0.2, -0.15) is 0 Å². The summed E-state index contributed by atoms with van der Waals surface area (Å²) in [7, 11) is 1.65. The van der Waals surface area contributed by atoms with Gasteiger partial charge in [0.2, 0.25) is 0 Å². The predicted octanol–water partition coefficient (Wildman–Crippen LogP) is 5.73. The second-order valence-corrected chi connectivity index (χ2v) is 7.23. The number of carbonyl (C=O) groups excluding carboxylic acids is 1. The Morgan fingerprint density at radius 2 is 1.63 bits per heavy atom. The van der Waals surface area contributed by atoms with Crippen LogP contribution in [0.25, 0.3) is 33.1 Å². The van der Waals surface area contributed by atoms with E-state index in [0.29, 0.717) is 5.69 Å². The summed E-state index contributed by atoms with van der Waals surface area (Å²) in [5.74, 6) is 0.784. The molecule has 4 heteroatoms. The van der Waals surface area contributed by atoms with Crippen LogP contribution in [0.2, 0.25) is 0 Å². The van der Waals surface area contributed by atoms with Crippen molar-refractivity contribution in [3.63, 3.8) is 0 Å². The molecule has 5 aromatic rings. The molecule has 4 nitrogen and oxygen atoms in total. The van der Waals surface area contributed by atoms with E-state index in [1.165, 1.54) is 5.56 Å². The lowest BCUT2D eigenvalue weighted by atomic mass is 10.1. The highest BCUT2D eigenvalue weighted by Crippen LogP contribution is 2.36. The summed E-state index contributed by atoms with van der Waals surface area (Å²) in [4.78, 5) is 16.4. The first kappa shape index (κ1) is 18.1. The van der Waals surface area contributed by atoms with E-state index in [1.54, 1.807) is 7.11 Å². The minimum Gasteiger partial charge on any atom is -0.497 e. The summed E-state index contributed by atoms with van der Waals surface area (Å²) in [6.45, 7) is 0.718. The lowest BCUT2D eigenvalue weighted by molar-refractivity contribution is 0.111. The Balaban J connectivity index is 1.85. The van der Waals surface area contributed by atoms with Crippen molar-refractivity contribution in [2.75, 3.05) is 7.11 Å². The van der Waals surface area contributed by atoms with Crippen LogP contribution in [0.4, 0.5) is 0 Å². The lowest BCUT2D eigenvalue weighted by Gasteiger charge is -2.12. The zero-order chi connectivity index (χ0) is 20.5. The van der Waals surface area contributed by atoms with Crippen LogP contribution in [-0.2, 0) is 6.54 Å². The summed E-state index contributed by atoms with van der Waals surface area (Å²) in [5.41, 5.74) is 5.52. The molecule has 0 aliphatic carbocycles. The zero-order valence-electron chi connectivity index (χ0n) is 16.6. The van der Waals surface area contributed by atoms with Gasteiger partial charge in [0.1, 0.15) is 11.4 Å². The van der Waals surface area contributed by atoms with Crippen LogP contribution < -0.4 is 4.74 Å². The van der Waals surface area contributed by atoms with Gasteiger partial charge in [0.15, 0.2) is 6.29 Å². The second kappa shape index (κ2) is 7.48. The smallest absolute Gasteiger partial charge is 0.168 e. The van der Waals surface area contributed by atoms with Gasteiger partial charge in [-0.3, -0.25) is 4.79 Å². The maximum Gasteiger partial charge on any atom is 0.168 e. The molecule has 0 saturated heterocycles. The van der Waals surface area contributed by atoms with E-state index in [1.807, 2.05) is 48.5 Å². The molecule has 0 fully saturated rings. The molecule has 0 amide bonds. The second-order valence-electron chi connectivity index (χ2n) is 7.23. The Morgan fingerprint density at radius 1 is 0.900 bits per heavy atom. The van der Waals surface area contributed by atoms with Crippen LogP contribution in [0, 0.1) is 0 Å². The number of carbonyl (C=O) groups is 1. The van der Waals surface area contributed by atoms with Crippen molar-refractivity contribution in [3.05, 3.63) is 96.2 Å². The van der Waals surface area contributed by atoms with Crippen molar-refractivity contribution in [2.24, 2.45) is 0 Å². The number of fused-ring (bicyclic) bond motifs is 3. The van der Waals surface area contributed by atoms with E-state index < -0.39 is 0 Å². The number of methoxy groups -OCH3 is 1. The van der Waals surface area contributed by atoms with Gasteiger partial charge in [-0.05, 0) is 42.0 Å². The molecule has 0 unspecified atom stereocenters. The fourth-order valence-electron chi connectivity index (χ4n) is 4.03. The van der Waals surface area contributed by atoms with Gasteiger partial charge in [-0.1, -0.05) is 48.5 Å². The van der Waals surface area contributed by atoms with E-state index in [-0.39, 0.29) is 0 Å². The number of nitrogens with zero attached hydrogens (tertiary/aromatic N) is 2. The zero-order valence-corrected chi connectivity index (χ0v) is 16.6. The highest BCUT2D eigenvalue weighted by molar-refractivity contribution is 6.13. The molecule has 0 aliphatic heterocycles. The Labute approximate surface area is 174 Å². The number of pyridine rings is 1. The van der Waals surface area contributed by atoms with Crippen LogP contribution in [0.1, 0.15) is 16.1 Å². The first-order chi connectivity index (χ1) is 14.8. The Kier molecular flexibility index (Phi) is 4.52. The van der Waals surface area contributed by atoms with Gasteiger partial charge in [0, 0.05) is 28.4 Å². The fraction of sp³-hybridized carbons (Fsp3) is 0.0769. The molecular formula is C26H20N2O2. The predicted molar refractivity (Wildman–Crippen MR) is 120 cm³/mol. The van der Waals surface area contributed by atoms with Crippen LogP contribution in [0.3, 0.4) is 0 Å².